The Labute approximate surface area is 123 Å². The molecular weight excluding hydrogens is 272 g/mol. The molecule has 0 spiro atoms. The summed E-state index contributed by atoms with van der Waals surface area (Å²) in [4.78, 5) is 24.3. The summed E-state index contributed by atoms with van der Waals surface area (Å²) in [5.74, 6) is -0.285. The molecule has 1 heterocycles. The zero-order valence-corrected chi connectivity index (χ0v) is 12.3. The lowest BCUT2D eigenvalue weighted by Gasteiger charge is -2.18. The predicted molar refractivity (Wildman–Crippen MR) is 77.5 cm³/mol. The highest BCUT2D eigenvalue weighted by molar-refractivity contribution is 5.88. The molecule has 1 unspecified atom stereocenters. The number of rotatable bonds is 5. The first-order chi connectivity index (χ1) is 9.99. The third-order valence-electron chi connectivity index (χ3n) is 3.60. The number of amides is 1. The second-order valence-corrected chi connectivity index (χ2v) is 5.25. The standard InChI is InChI=1S/C15H20N2O4/c1-10(18)16-13-5-6-17(9-13)8-12-7-11(15(19)20)3-4-14(12)21-2/h3-4,7,13H,5-6,8-9H2,1-2H3,(H,16,18)(H,19,20). The Morgan fingerprint density at radius 2 is 2.24 bits per heavy atom. The normalized spacial score (nSPS) is 18.5. The van der Waals surface area contributed by atoms with Gasteiger partial charge in [0.05, 0.1) is 12.7 Å². The van der Waals surface area contributed by atoms with Gasteiger partial charge in [0.1, 0.15) is 5.75 Å². The van der Waals surface area contributed by atoms with Crippen LogP contribution in [0.4, 0.5) is 0 Å². The van der Waals surface area contributed by atoms with Crippen LogP contribution in [0.1, 0.15) is 29.3 Å². The minimum atomic E-state index is -0.948. The number of hydrogen-bond donors (Lipinski definition) is 2. The van der Waals surface area contributed by atoms with E-state index in [1.807, 2.05) is 0 Å². The summed E-state index contributed by atoms with van der Waals surface area (Å²) >= 11 is 0. The number of hydrogen-bond acceptors (Lipinski definition) is 4. The fourth-order valence-electron chi connectivity index (χ4n) is 2.66. The summed E-state index contributed by atoms with van der Waals surface area (Å²) in [6.45, 7) is 3.76. The van der Waals surface area contributed by atoms with Gasteiger partial charge in [0.25, 0.3) is 0 Å². The van der Waals surface area contributed by atoms with E-state index in [2.05, 4.69) is 10.2 Å². The lowest BCUT2D eigenvalue weighted by atomic mass is 10.1. The van der Waals surface area contributed by atoms with Crippen LogP contribution in [0.2, 0.25) is 0 Å². The third-order valence-corrected chi connectivity index (χ3v) is 3.60. The van der Waals surface area contributed by atoms with Crippen LogP contribution >= 0.6 is 0 Å². The molecule has 1 atom stereocenters. The molecule has 1 fully saturated rings. The van der Waals surface area contributed by atoms with Gasteiger partial charge in [0.15, 0.2) is 0 Å². The highest BCUT2D eigenvalue weighted by atomic mass is 16.5. The molecule has 0 radical (unpaired) electrons. The van der Waals surface area contributed by atoms with E-state index >= 15 is 0 Å². The largest absolute Gasteiger partial charge is 0.496 e. The first-order valence-electron chi connectivity index (χ1n) is 6.89. The van der Waals surface area contributed by atoms with Crippen molar-refractivity contribution in [3.8, 4) is 5.75 Å². The molecule has 2 N–H and O–H groups in total. The molecule has 0 aromatic heterocycles. The zero-order valence-electron chi connectivity index (χ0n) is 12.3. The van der Waals surface area contributed by atoms with Gasteiger partial charge in [-0.3, -0.25) is 9.69 Å². The number of carboxylic acid groups (broad SMARTS) is 1. The lowest BCUT2D eigenvalue weighted by Crippen LogP contribution is -2.35. The molecule has 6 nitrogen and oxygen atoms in total. The van der Waals surface area contributed by atoms with Gasteiger partial charge in [0.2, 0.25) is 5.91 Å². The van der Waals surface area contributed by atoms with Crippen LogP contribution in [-0.4, -0.2) is 48.1 Å². The molecule has 2 rings (SSSR count). The number of nitrogens with one attached hydrogen (secondary N) is 1. The SMILES string of the molecule is COc1ccc(C(=O)O)cc1CN1CCC(NC(C)=O)C1. The Hall–Kier alpha value is -2.08. The van der Waals surface area contributed by atoms with Crippen LogP contribution in [0.25, 0.3) is 0 Å². The van der Waals surface area contributed by atoms with Gasteiger partial charge in [-0.05, 0) is 24.6 Å². The number of carbonyl (C=O) groups is 2. The van der Waals surface area contributed by atoms with E-state index in [0.717, 1.165) is 25.1 Å². The highest BCUT2D eigenvalue weighted by Crippen LogP contribution is 2.23. The van der Waals surface area contributed by atoms with Crippen molar-refractivity contribution < 1.29 is 19.4 Å². The quantitative estimate of drug-likeness (QED) is 0.849. The van der Waals surface area contributed by atoms with Crippen LogP contribution in [-0.2, 0) is 11.3 Å². The smallest absolute Gasteiger partial charge is 0.335 e. The molecule has 1 aliphatic heterocycles. The summed E-state index contributed by atoms with van der Waals surface area (Å²) < 4.78 is 5.29. The Morgan fingerprint density at radius 3 is 2.86 bits per heavy atom. The maximum Gasteiger partial charge on any atom is 0.335 e. The monoisotopic (exact) mass is 292 g/mol. The van der Waals surface area contributed by atoms with E-state index in [1.165, 1.54) is 13.0 Å². The summed E-state index contributed by atoms with van der Waals surface area (Å²) in [7, 11) is 1.57. The van der Waals surface area contributed by atoms with E-state index in [-0.39, 0.29) is 17.5 Å². The van der Waals surface area contributed by atoms with Crippen molar-refractivity contribution in [2.45, 2.75) is 25.9 Å². The minimum absolute atomic E-state index is 0.0210. The van der Waals surface area contributed by atoms with E-state index in [9.17, 15) is 9.59 Å². The average molecular weight is 292 g/mol. The molecule has 0 aliphatic carbocycles. The molecule has 1 aliphatic rings. The molecule has 6 heteroatoms. The van der Waals surface area contributed by atoms with E-state index in [1.54, 1.807) is 19.2 Å². The second-order valence-electron chi connectivity index (χ2n) is 5.25. The Kier molecular flexibility index (Phi) is 4.80. The first kappa shape index (κ1) is 15.3. The van der Waals surface area contributed by atoms with Gasteiger partial charge >= 0.3 is 5.97 Å². The molecule has 1 saturated heterocycles. The van der Waals surface area contributed by atoms with Crippen molar-refractivity contribution in [2.75, 3.05) is 20.2 Å². The van der Waals surface area contributed by atoms with Crippen molar-refractivity contribution in [3.63, 3.8) is 0 Å². The Bertz CT molecular complexity index is 544. The van der Waals surface area contributed by atoms with Gasteiger partial charge in [0, 0.05) is 38.2 Å². The molecule has 1 amide bonds. The molecule has 0 bridgehead atoms. The third kappa shape index (κ3) is 3.95. The Balaban J connectivity index is 2.07. The fourth-order valence-corrected chi connectivity index (χ4v) is 2.66. The molecule has 114 valence electrons. The van der Waals surface area contributed by atoms with E-state index in [4.69, 9.17) is 9.84 Å². The minimum Gasteiger partial charge on any atom is -0.496 e. The van der Waals surface area contributed by atoms with Crippen LogP contribution < -0.4 is 10.1 Å². The first-order valence-corrected chi connectivity index (χ1v) is 6.89. The number of ether oxygens (including phenoxy) is 1. The average Bonchev–Trinajstić information content (AvgIpc) is 2.85. The molecule has 21 heavy (non-hydrogen) atoms. The molecule has 1 aromatic carbocycles. The number of nitrogens with zero attached hydrogens (tertiary/aromatic N) is 1. The van der Waals surface area contributed by atoms with Crippen LogP contribution in [0.3, 0.4) is 0 Å². The number of benzene rings is 1. The van der Waals surface area contributed by atoms with Crippen molar-refractivity contribution in [3.05, 3.63) is 29.3 Å². The molecule has 1 aromatic rings. The lowest BCUT2D eigenvalue weighted by molar-refractivity contribution is -0.119. The van der Waals surface area contributed by atoms with Gasteiger partial charge in [-0.2, -0.15) is 0 Å². The van der Waals surface area contributed by atoms with Crippen molar-refractivity contribution in [1.29, 1.82) is 0 Å². The van der Waals surface area contributed by atoms with Gasteiger partial charge in [-0.25, -0.2) is 4.79 Å². The Morgan fingerprint density at radius 1 is 1.48 bits per heavy atom. The van der Waals surface area contributed by atoms with Crippen LogP contribution in [0, 0.1) is 0 Å². The molecular formula is C15H20N2O4. The second kappa shape index (κ2) is 6.58. The van der Waals surface area contributed by atoms with Crippen molar-refractivity contribution in [1.82, 2.24) is 10.2 Å². The van der Waals surface area contributed by atoms with Gasteiger partial charge < -0.3 is 15.2 Å². The number of methoxy groups -OCH3 is 1. The molecule has 0 saturated carbocycles. The van der Waals surface area contributed by atoms with E-state index < -0.39 is 5.97 Å². The highest BCUT2D eigenvalue weighted by Gasteiger charge is 2.24. The van der Waals surface area contributed by atoms with E-state index in [0.29, 0.717) is 12.3 Å². The van der Waals surface area contributed by atoms with Crippen molar-refractivity contribution in [2.24, 2.45) is 0 Å². The predicted octanol–water partition coefficient (Wildman–Crippen LogP) is 1.10. The number of aromatic carboxylic acids is 1. The summed E-state index contributed by atoms with van der Waals surface area (Å²) in [5.41, 5.74) is 1.10. The zero-order chi connectivity index (χ0) is 15.4. The maximum atomic E-state index is 11.1. The number of likely N-dealkylation sites (tertiary alicyclic amines) is 1. The van der Waals surface area contributed by atoms with Gasteiger partial charge in [-0.1, -0.05) is 0 Å². The number of carbonyl (C=O) groups excluding carboxylic acids is 1. The summed E-state index contributed by atoms with van der Waals surface area (Å²) in [5, 5.41) is 12.0. The summed E-state index contributed by atoms with van der Waals surface area (Å²) in [6.07, 6.45) is 0.903. The van der Waals surface area contributed by atoms with Crippen molar-refractivity contribution >= 4 is 11.9 Å². The maximum absolute atomic E-state index is 11.1. The van der Waals surface area contributed by atoms with Crippen LogP contribution in [0.5, 0.6) is 5.75 Å². The number of carboxylic acids is 1. The summed E-state index contributed by atoms with van der Waals surface area (Å²) in [6, 6.07) is 5.03. The fraction of sp³-hybridized carbons (Fsp3) is 0.467. The topological polar surface area (TPSA) is 78.9 Å². The van der Waals surface area contributed by atoms with Gasteiger partial charge in [-0.15, -0.1) is 0 Å². The van der Waals surface area contributed by atoms with Crippen LogP contribution in [0.15, 0.2) is 18.2 Å².